The highest BCUT2D eigenvalue weighted by molar-refractivity contribution is 4.70. The van der Waals surface area contributed by atoms with Crippen LogP contribution in [0.1, 0.15) is 64.7 Å². The largest absolute Gasteiger partial charge is 0.390 e. The molecule has 4 heteroatoms. The lowest BCUT2D eigenvalue weighted by Crippen LogP contribution is -2.42. The number of aliphatic hydroxyl groups is 3. The summed E-state index contributed by atoms with van der Waals surface area (Å²) in [4.78, 5) is 0. The fourth-order valence-corrected chi connectivity index (χ4v) is 1.89. The summed E-state index contributed by atoms with van der Waals surface area (Å²) in [7, 11) is 0. The molecule has 104 valence electrons. The Bertz CT molecular complexity index is 165. The van der Waals surface area contributed by atoms with E-state index in [1.165, 1.54) is 38.5 Å². The molecule has 0 aromatic heterocycles. The van der Waals surface area contributed by atoms with Crippen molar-refractivity contribution >= 4 is 0 Å². The molecule has 0 heterocycles. The molecule has 0 fully saturated rings. The molecule has 0 aromatic rings. The molecule has 0 amide bonds. The number of hydrogen-bond acceptors (Lipinski definition) is 4. The van der Waals surface area contributed by atoms with Crippen molar-refractivity contribution in [2.75, 3.05) is 0 Å². The summed E-state index contributed by atoms with van der Waals surface area (Å²) in [5.41, 5.74) is 5.08. The highest BCUT2D eigenvalue weighted by atomic mass is 16.4. The smallest absolute Gasteiger partial charge is 0.131 e. The number of unbranched alkanes of at least 4 members (excludes halogenated alkanes) is 7. The third-order valence-corrected chi connectivity index (χ3v) is 3.10. The molecule has 0 spiro atoms. The molecule has 3 atom stereocenters. The van der Waals surface area contributed by atoms with E-state index >= 15 is 0 Å². The van der Waals surface area contributed by atoms with Crippen LogP contribution < -0.4 is 5.73 Å². The monoisotopic (exact) mass is 247 g/mol. The van der Waals surface area contributed by atoms with Gasteiger partial charge in [-0.2, -0.15) is 0 Å². The van der Waals surface area contributed by atoms with E-state index in [0.717, 1.165) is 12.8 Å². The molecular weight excluding hydrogens is 218 g/mol. The van der Waals surface area contributed by atoms with Crippen LogP contribution in [0.25, 0.3) is 0 Å². The average Bonchev–Trinajstić information content (AvgIpc) is 2.31. The Morgan fingerprint density at radius 3 is 1.76 bits per heavy atom. The quantitative estimate of drug-likeness (QED) is 0.329. The second kappa shape index (κ2) is 11.0. The van der Waals surface area contributed by atoms with E-state index in [1.807, 2.05) is 0 Å². The minimum Gasteiger partial charge on any atom is -0.390 e. The lowest BCUT2D eigenvalue weighted by molar-refractivity contribution is -0.0595. The zero-order valence-electron chi connectivity index (χ0n) is 11.0. The standard InChI is InChI=1S/C13H29NO3/c1-2-3-4-5-6-7-8-9-10-11(15)12(16)13(14)17/h11-13,15-17H,2-10,14H2,1H3. The second-order valence-corrected chi connectivity index (χ2v) is 4.81. The van der Waals surface area contributed by atoms with Crippen molar-refractivity contribution in [1.82, 2.24) is 0 Å². The Hall–Kier alpha value is -0.160. The first kappa shape index (κ1) is 16.8. The van der Waals surface area contributed by atoms with Crippen LogP contribution in [-0.2, 0) is 0 Å². The molecule has 0 aromatic carbocycles. The first-order valence-corrected chi connectivity index (χ1v) is 6.89. The highest BCUT2D eigenvalue weighted by Gasteiger charge is 2.20. The van der Waals surface area contributed by atoms with Crippen LogP contribution >= 0.6 is 0 Å². The van der Waals surface area contributed by atoms with Gasteiger partial charge < -0.3 is 21.1 Å². The highest BCUT2D eigenvalue weighted by Crippen LogP contribution is 2.12. The Kier molecular flexibility index (Phi) is 10.9. The molecule has 0 aliphatic rings. The summed E-state index contributed by atoms with van der Waals surface area (Å²) in [5.74, 6) is 0. The third kappa shape index (κ3) is 9.53. The molecule has 0 saturated carbocycles. The zero-order chi connectivity index (χ0) is 13.1. The molecule has 0 bridgehead atoms. The average molecular weight is 247 g/mol. The summed E-state index contributed by atoms with van der Waals surface area (Å²) in [6.45, 7) is 2.21. The molecule has 17 heavy (non-hydrogen) atoms. The van der Waals surface area contributed by atoms with Crippen molar-refractivity contribution in [2.24, 2.45) is 5.73 Å². The van der Waals surface area contributed by atoms with Crippen LogP contribution in [0.2, 0.25) is 0 Å². The SMILES string of the molecule is CCCCCCCCCCC(O)C(O)C(N)O. The van der Waals surface area contributed by atoms with Gasteiger partial charge in [-0.25, -0.2) is 0 Å². The zero-order valence-corrected chi connectivity index (χ0v) is 11.0. The van der Waals surface area contributed by atoms with E-state index in [0.29, 0.717) is 6.42 Å². The number of aliphatic hydroxyl groups excluding tert-OH is 3. The van der Waals surface area contributed by atoms with Gasteiger partial charge >= 0.3 is 0 Å². The summed E-state index contributed by atoms with van der Waals surface area (Å²) in [6.07, 6.45) is 6.59. The topological polar surface area (TPSA) is 86.7 Å². The van der Waals surface area contributed by atoms with Gasteiger partial charge in [0.2, 0.25) is 0 Å². The summed E-state index contributed by atoms with van der Waals surface area (Å²) in [6, 6.07) is 0. The predicted octanol–water partition coefficient (Wildman–Crippen LogP) is 1.52. The van der Waals surface area contributed by atoms with E-state index in [1.54, 1.807) is 0 Å². The number of rotatable bonds is 11. The van der Waals surface area contributed by atoms with E-state index in [-0.39, 0.29) is 0 Å². The maximum absolute atomic E-state index is 9.47. The lowest BCUT2D eigenvalue weighted by atomic mass is 10.0. The lowest BCUT2D eigenvalue weighted by Gasteiger charge is -2.19. The summed E-state index contributed by atoms with van der Waals surface area (Å²) < 4.78 is 0. The molecule has 0 aliphatic carbocycles. The van der Waals surface area contributed by atoms with Crippen LogP contribution in [0.4, 0.5) is 0 Å². The molecule has 0 radical (unpaired) electrons. The van der Waals surface area contributed by atoms with E-state index in [2.05, 4.69) is 6.92 Å². The van der Waals surface area contributed by atoms with E-state index in [9.17, 15) is 10.2 Å². The third-order valence-electron chi connectivity index (χ3n) is 3.10. The van der Waals surface area contributed by atoms with Crippen molar-refractivity contribution in [3.63, 3.8) is 0 Å². The van der Waals surface area contributed by atoms with Gasteiger partial charge in [0, 0.05) is 0 Å². The van der Waals surface area contributed by atoms with Crippen molar-refractivity contribution in [1.29, 1.82) is 0 Å². The van der Waals surface area contributed by atoms with Crippen molar-refractivity contribution in [2.45, 2.75) is 83.1 Å². The van der Waals surface area contributed by atoms with Crippen LogP contribution in [0.15, 0.2) is 0 Å². The van der Waals surface area contributed by atoms with Gasteiger partial charge in [-0.1, -0.05) is 58.3 Å². The van der Waals surface area contributed by atoms with Gasteiger partial charge in [0.15, 0.2) is 0 Å². The van der Waals surface area contributed by atoms with Gasteiger partial charge in [0.05, 0.1) is 6.10 Å². The Labute approximate surface area is 105 Å². The number of nitrogens with two attached hydrogens (primary N) is 1. The molecule has 0 saturated heterocycles. The van der Waals surface area contributed by atoms with Gasteiger partial charge in [-0.15, -0.1) is 0 Å². The first-order valence-electron chi connectivity index (χ1n) is 6.89. The predicted molar refractivity (Wildman–Crippen MR) is 69.4 cm³/mol. The summed E-state index contributed by atoms with van der Waals surface area (Å²) in [5, 5.41) is 27.6. The molecule has 4 nitrogen and oxygen atoms in total. The molecule has 5 N–H and O–H groups in total. The van der Waals surface area contributed by atoms with E-state index < -0.39 is 18.4 Å². The Morgan fingerprint density at radius 2 is 1.29 bits per heavy atom. The first-order chi connectivity index (χ1) is 8.09. The van der Waals surface area contributed by atoms with E-state index in [4.69, 9.17) is 10.8 Å². The van der Waals surface area contributed by atoms with Gasteiger partial charge in [-0.3, -0.25) is 0 Å². The fraction of sp³-hybridized carbons (Fsp3) is 1.00. The summed E-state index contributed by atoms with van der Waals surface area (Å²) >= 11 is 0. The molecule has 0 rings (SSSR count). The molecular formula is C13H29NO3. The normalized spacial score (nSPS) is 16.8. The molecule has 3 unspecified atom stereocenters. The minimum absolute atomic E-state index is 0.504. The van der Waals surface area contributed by atoms with Crippen molar-refractivity contribution in [3.05, 3.63) is 0 Å². The van der Waals surface area contributed by atoms with Gasteiger partial charge in [0.25, 0.3) is 0 Å². The molecule has 0 aliphatic heterocycles. The van der Waals surface area contributed by atoms with Crippen LogP contribution in [-0.4, -0.2) is 33.8 Å². The maximum atomic E-state index is 9.47. The minimum atomic E-state index is -1.35. The number of hydrogen-bond donors (Lipinski definition) is 4. The van der Waals surface area contributed by atoms with Crippen LogP contribution in [0.3, 0.4) is 0 Å². The van der Waals surface area contributed by atoms with Crippen molar-refractivity contribution < 1.29 is 15.3 Å². The van der Waals surface area contributed by atoms with Gasteiger partial charge in [0.1, 0.15) is 12.3 Å². The Balaban J connectivity index is 3.27. The maximum Gasteiger partial charge on any atom is 0.131 e. The van der Waals surface area contributed by atoms with Crippen LogP contribution in [0, 0.1) is 0 Å². The van der Waals surface area contributed by atoms with Crippen molar-refractivity contribution in [3.8, 4) is 0 Å². The second-order valence-electron chi connectivity index (χ2n) is 4.81. The van der Waals surface area contributed by atoms with Crippen LogP contribution in [0.5, 0.6) is 0 Å². The fourth-order valence-electron chi connectivity index (χ4n) is 1.89. The Morgan fingerprint density at radius 1 is 0.824 bits per heavy atom. The van der Waals surface area contributed by atoms with Gasteiger partial charge in [-0.05, 0) is 6.42 Å².